The normalized spacial score (nSPS) is 11.6. The maximum atomic E-state index is 12.8. The molecule has 10 nitrogen and oxygen atoms in total. The second-order valence-corrected chi connectivity index (χ2v) is 8.21. The molecular weight excluding hydrogens is 436 g/mol. The molecule has 3 heterocycles. The van der Waals surface area contributed by atoms with Crippen LogP contribution in [0.3, 0.4) is 0 Å². The molecule has 0 saturated carbocycles. The number of aromatic nitrogens is 6. The lowest BCUT2D eigenvalue weighted by Crippen LogP contribution is -2.25. The first-order valence-electron chi connectivity index (χ1n) is 11.1. The van der Waals surface area contributed by atoms with Crippen LogP contribution in [0.2, 0.25) is 0 Å². The molecule has 5 aromatic rings. The number of carbonyl (C=O) groups is 1. The summed E-state index contributed by atoms with van der Waals surface area (Å²) in [5, 5.41) is 8.80. The van der Waals surface area contributed by atoms with Gasteiger partial charge in [0.2, 0.25) is 5.78 Å². The van der Waals surface area contributed by atoms with Crippen molar-refractivity contribution in [3.8, 4) is 0 Å². The average molecular weight is 460 g/mol. The quantitative estimate of drug-likeness (QED) is 0.360. The van der Waals surface area contributed by atoms with Crippen molar-refractivity contribution < 1.29 is 9.53 Å². The summed E-state index contributed by atoms with van der Waals surface area (Å²) >= 11 is 0. The van der Waals surface area contributed by atoms with Crippen molar-refractivity contribution in [2.75, 3.05) is 0 Å². The largest absolute Gasteiger partial charge is 0.457 e. The predicted octanol–water partition coefficient (Wildman–Crippen LogP) is 2.16. The molecule has 0 bridgehead atoms. The van der Waals surface area contributed by atoms with Gasteiger partial charge >= 0.3 is 11.7 Å². The standard InChI is InChI=1S/C24H24N6O4/c1-4-28-18-7-5-6-8-19(18)29(24(28)33)12-11-21(31)34-14-20-25-26-23-27(3)22(32)16-13-15(2)9-10-17(16)30(20)23/h5-10,13H,4,11-12,14H2,1-3H3. The number of hydrogen-bond acceptors (Lipinski definition) is 6. The lowest BCUT2D eigenvalue weighted by molar-refractivity contribution is -0.145. The van der Waals surface area contributed by atoms with Gasteiger partial charge < -0.3 is 4.74 Å². The minimum atomic E-state index is -0.457. The number of para-hydroxylation sites is 2. The SMILES string of the molecule is CCn1c(=O)n(CCC(=O)OCc2nnc3n(C)c(=O)c4cc(C)ccc4n23)c2ccccc21. The van der Waals surface area contributed by atoms with E-state index < -0.39 is 5.97 Å². The molecule has 0 aliphatic carbocycles. The number of rotatable bonds is 6. The summed E-state index contributed by atoms with van der Waals surface area (Å²) in [6.07, 6.45) is 0.0345. The van der Waals surface area contributed by atoms with Crippen molar-refractivity contribution in [2.45, 2.75) is 40.0 Å². The smallest absolute Gasteiger partial charge is 0.329 e. The van der Waals surface area contributed by atoms with Gasteiger partial charge in [-0.25, -0.2) is 4.79 Å². The maximum Gasteiger partial charge on any atom is 0.329 e. The molecule has 5 rings (SSSR count). The van der Waals surface area contributed by atoms with Gasteiger partial charge in [0.25, 0.3) is 5.56 Å². The Balaban J connectivity index is 1.38. The third kappa shape index (κ3) is 3.38. The molecule has 0 aliphatic rings. The minimum absolute atomic E-state index is 0.0345. The number of benzene rings is 2. The van der Waals surface area contributed by atoms with E-state index in [2.05, 4.69) is 10.2 Å². The highest BCUT2D eigenvalue weighted by Crippen LogP contribution is 2.17. The molecule has 10 heteroatoms. The van der Waals surface area contributed by atoms with Crippen LogP contribution in [0.4, 0.5) is 0 Å². The number of imidazole rings is 1. The van der Waals surface area contributed by atoms with E-state index in [1.54, 1.807) is 20.6 Å². The zero-order valence-corrected chi connectivity index (χ0v) is 19.2. The first-order valence-corrected chi connectivity index (χ1v) is 11.1. The molecule has 0 spiro atoms. The Morgan fingerprint density at radius 1 is 1.00 bits per heavy atom. The highest BCUT2D eigenvalue weighted by molar-refractivity contribution is 5.81. The van der Waals surface area contributed by atoms with E-state index in [1.807, 2.05) is 56.3 Å². The maximum absolute atomic E-state index is 12.8. The van der Waals surface area contributed by atoms with Crippen LogP contribution in [0.1, 0.15) is 24.7 Å². The molecule has 0 atom stereocenters. The Morgan fingerprint density at radius 3 is 2.47 bits per heavy atom. The third-order valence-electron chi connectivity index (χ3n) is 6.08. The molecule has 0 amide bonds. The summed E-state index contributed by atoms with van der Waals surface area (Å²) in [6, 6.07) is 13.1. The van der Waals surface area contributed by atoms with Gasteiger partial charge in [-0.3, -0.25) is 27.7 Å². The van der Waals surface area contributed by atoms with Gasteiger partial charge in [-0.05, 0) is 38.1 Å². The van der Waals surface area contributed by atoms with E-state index in [0.29, 0.717) is 29.0 Å². The number of nitrogens with zero attached hydrogens (tertiary/aromatic N) is 6. The third-order valence-corrected chi connectivity index (χ3v) is 6.08. The van der Waals surface area contributed by atoms with Crippen molar-refractivity contribution in [2.24, 2.45) is 7.05 Å². The summed E-state index contributed by atoms with van der Waals surface area (Å²) in [6.45, 7) is 4.49. The molecule has 3 aromatic heterocycles. The lowest BCUT2D eigenvalue weighted by atomic mass is 10.1. The van der Waals surface area contributed by atoms with E-state index >= 15 is 0 Å². The number of carbonyl (C=O) groups excluding carboxylic acids is 1. The van der Waals surface area contributed by atoms with Gasteiger partial charge in [-0.15, -0.1) is 10.2 Å². The van der Waals surface area contributed by atoms with Crippen LogP contribution in [0, 0.1) is 6.92 Å². The Labute approximate surface area is 193 Å². The minimum Gasteiger partial charge on any atom is -0.457 e. The Morgan fingerprint density at radius 2 is 1.74 bits per heavy atom. The van der Waals surface area contributed by atoms with E-state index in [0.717, 1.165) is 16.6 Å². The van der Waals surface area contributed by atoms with Crippen LogP contribution in [0.5, 0.6) is 0 Å². The van der Waals surface area contributed by atoms with Crippen molar-refractivity contribution in [1.29, 1.82) is 0 Å². The van der Waals surface area contributed by atoms with E-state index in [4.69, 9.17) is 4.74 Å². The van der Waals surface area contributed by atoms with Crippen molar-refractivity contribution >= 4 is 33.7 Å². The van der Waals surface area contributed by atoms with Crippen LogP contribution >= 0.6 is 0 Å². The van der Waals surface area contributed by atoms with Crippen LogP contribution in [0.25, 0.3) is 27.7 Å². The van der Waals surface area contributed by atoms with E-state index in [9.17, 15) is 14.4 Å². The van der Waals surface area contributed by atoms with E-state index in [-0.39, 0.29) is 30.8 Å². The van der Waals surface area contributed by atoms with Gasteiger partial charge in [-0.2, -0.15) is 0 Å². The first kappa shape index (κ1) is 21.6. The molecule has 0 unspecified atom stereocenters. The monoisotopic (exact) mass is 460 g/mol. The van der Waals surface area contributed by atoms with Crippen molar-refractivity contribution in [3.63, 3.8) is 0 Å². The summed E-state index contributed by atoms with van der Waals surface area (Å²) in [4.78, 5) is 38.0. The lowest BCUT2D eigenvalue weighted by Gasteiger charge is -2.09. The van der Waals surface area contributed by atoms with E-state index in [1.165, 1.54) is 4.57 Å². The zero-order valence-electron chi connectivity index (χ0n) is 19.2. The molecule has 0 N–H and O–H groups in total. The number of aryl methyl sites for hydroxylation is 4. The number of esters is 1. The fourth-order valence-corrected chi connectivity index (χ4v) is 4.37. The van der Waals surface area contributed by atoms with Gasteiger partial charge in [0.15, 0.2) is 12.4 Å². The second-order valence-electron chi connectivity index (χ2n) is 8.21. The highest BCUT2D eigenvalue weighted by Gasteiger charge is 2.17. The highest BCUT2D eigenvalue weighted by atomic mass is 16.5. The molecule has 0 aliphatic heterocycles. The average Bonchev–Trinajstić information content (AvgIpc) is 3.38. The number of ether oxygens (including phenoxy) is 1. The molecular formula is C24H24N6O4. The van der Waals surface area contributed by atoms with Crippen LogP contribution in [-0.4, -0.2) is 34.3 Å². The summed E-state index contributed by atoms with van der Waals surface area (Å²) in [7, 11) is 1.63. The topological polar surface area (TPSA) is 105 Å². The molecule has 0 radical (unpaired) electrons. The number of fused-ring (bicyclic) bond motifs is 4. The molecule has 34 heavy (non-hydrogen) atoms. The molecule has 174 valence electrons. The first-order chi connectivity index (χ1) is 16.4. The molecule has 2 aromatic carbocycles. The summed E-state index contributed by atoms with van der Waals surface area (Å²) < 4.78 is 11.9. The van der Waals surface area contributed by atoms with Gasteiger partial charge in [0.1, 0.15) is 0 Å². The van der Waals surface area contributed by atoms with Gasteiger partial charge in [0.05, 0.1) is 28.4 Å². The van der Waals surface area contributed by atoms with Crippen LogP contribution in [-0.2, 0) is 36.3 Å². The molecule has 0 saturated heterocycles. The summed E-state index contributed by atoms with van der Waals surface area (Å²) in [5.41, 5.74) is 2.92. The number of hydrogen-bond donors (Lipinski definition) is 0. The van der Waals surface area contributed by atoms with Crippen LogP contribution in [0.15, 0.2) is 52.1 Å². The van der Waals surface area contributed by atoms with Crippen molar-refractivity contribution in [1.82, 2.24) is 28.3 Å². The Hall–Kier alpha value is -4.21. The fraction of sp³-hybridized carbons (Fsp3) is 0.292. The predicted molar refractivity (Wildman–Crippen MR) is 127 cm³/mol. The summed E-state index contributed by atoms with van der Waals surface area (Å²) in [5.74, 6) is 0.320. The Kier molecular flexibility index (Phi) is 5.27. The van der Waals surface area contributed by atoms with Crippen molar-refractivity contribution in [3.05, 3.63) is 74.7 Å². The van der Waals surface area contributed by atoms with Crippen LogP contribution < -0.4 is 11.2 Å². The zero-order chi connectivity index (χ0) is 24.0. The van der Waals surface area contributed by atoms with Gasteiger partial charge in [0, 0.05) is 20.1 Å². The molecule has 0 fully saturated rings. The fourth-order valence-electron chi connectivity index (χ4n) is 4.37. The second kappa shape index (κ2) is 8.29. The Bertz CT molecular complexity index is 1690. The van der Waals surface area contributed by atoms with Gasteiger partial charge in [-0.1, -0.05) is 23.8 Å².